The van der Waals surface area contributed by atoms with Gasteiger partial charge in [0.25, 0.3) is 0 Å². The van der Waals surface area contributed by atoms with Crippen molar-refractivity contribution < 1.29 is 24.5 Å². The second-order valence-corrected chi connectivity index (χ2v) is 27.4. The average molecular weight is 1200 g/mol. The Kier molecular flexibility index (Phi) is 73.8. The molecule has 0 aromatic carbocycles. The molecule has 6 nitrogen and oxygen atoms in total. The summed E-state index contributed by atoms with van der Waals surface area (Å²) in [7, 11) is 0. The molecule has 0 fully saturated rings. The van der Waals surface area contributed by atoms with Gasteiger partial charge >= 0.3 is 5.97 Å². The van der Waals surface area contributed by atoms with E-state index < -0.39 is 12.1 Å². The topological polar surface area (TPSA) is 95.9 Å². The highest BCUT2D eigenvalue weighted by Gasteiger charge is 2.20. The molecule has 0 radical (unpaired) electrons. The third-order valence-electron chi connectivity index (χ3n) is 18.8. The van der Waals surface area contributed by atoms with E-state index in [1.807, 2.05) is 0 Å². The van der Waals surface area contributed by atoms with Crippen LogP contribution in [0.15, 0.2) is 12.2 Å². The van der Waals surface area contributed by atoms with Crippen molar-refractivity contribution >= 4 is 11.9 Å². The summed E-state index contributed by atoms with van der Waals surface area (Å²) in [5.74, 6) is -0.0107. The van der Waals surface area contributed by atoms with Crippen molar-refractivity contribution in [2.24, 2.45) is 0 Å². The van der Waals surface area contributed by atoms with Gasteiger partial charge in [-0.1, -0.05) is 405 Å². The van der Waals surface area contributed by atoms with Crippen LogP contribution in [0.3, 0.4) is 0 Å². The van der Waals surface area contributed by atoms with E-state index in [2.05, 4.69) is 31.3 Å². The zero-order chi connectivity index (χ0) is 61.3. The molecule has 0 aromatic rings. The van der Waals surface area contributed by atoms with Gasteiger partial charge < -0.3 is 20.3 Å². The van der Waals surface area contributed by atoms with Gasteiger partial charge in [0.05, 0.1) is 25.4 Å². The van der Waals surface area contributed by atoms with Crippen LogP contribution in [-0.4, -0.2) is 47.4 Å². The summed E-state index contributed by atoms with van der Waals surface area (Å²) in [4.78, 5) is 24.7. The third-order valence-corrected chi connectivity index (χ3v) is 18.8. The maximum atomic E-state index is 12.6. The quantitative estimate of drug-likeness (QED) is 0.0320. The largest absolute Gasteiger partial charge is 0.466 e. The molecular formula is C79H155NO5. The van der Waals surface area contributed by atoms with Crippen LogP contribution in [0.2, 0.25) is 0 Å². The van der Waals surface area contributed by atoms with E-state index in [9.17, 15) is 19.8 Å². The van der Waals surface area contributed by atoms with Gasteiger partial charge in [-0.05, 0) is 51.4 Å². The van der Waals surface area contributed by atoms with Crippen molar-refractivity contribution in [3.05, 3.63) is 12.2 Å². The van der Waals surface area contributed by atoms with Crippen LogP contribution in [-0.2, 0) is 14.3 Å². The minimum atomic E-state index is -0.664. The number of carbonyl (C=O) groups is 2. The number of hydrogen-bond acceptors (Lipinski definition) is 5. The molecule has 0 rings (SSSR count). The number of esters is 1. The Morgan fingerprint density at radius 2 is 0.553 bits per heavy atom. The Morgan fingerprint density at radius 1 is 0.318 bits per heavy atom. The average Bonchev–Trinajstić information content (AvgIpc) is 3.51. The second kappa shape index (κ2) is 75.1. The van der Waals surface area contributed by atoms with Crippen molar-refractivity contribution in [1.29, 1.82) is 0 Å². The van der Waals surface area contributed by atoms with Gasteiger partial charge in [-0.25, -0.2) is 0 Å². The van der Waals surface area contributed by atoms with Crippen LogP contribution < -0.4 is 5.32 Å². The summed E-state index contributed by atoms with van der Waals surface area (Å²) < 4.78 is 5.51. The molecule has 1 amide bonds. The number of aliphatic hydroxyl groups excluding tert-OH is 2. The van der Waals surface area contributed by atoms with Crippen LogP contribution >= 0.6 is 0 Å². The van der Waals surface area contributed by atoms with E-state index in [0.29, 0.717) is 25.9 Å². The van der Waals surface area contributed by atoms with Crippen LogP contribution in [0.25, 0.3) is 0 Å². The standard InChI is InChI=1S/C79H155NO5/c1-3-5-7-9-11-13-15-17-19-21-23-24-25-30-33-36-39-43-47-51-55-59-63-67-71-77(82)76(75-81)80-78(83)72-68-64-60-56-52-48-44-40-37-34-31-28-26-27-29-32-35-38-42-46-50-54-58-62-66-70-74-85-79(84)73-69-65-61-57-53-49-45-41-22-20-18-16-14-12-10-8-6-4-2/h20,22,76-77,81-82H,3-19,21,23-75H2,1-2H3,(H,80,83)/b22-20-. The van der Waals surface area contributed by atoms with Crippen molar-refractivity contribution in [2.45, 2.75) is 469 Å². The minimum absolute atomic E-state index is 0.0159. The predicted molar refractivity (Wildman–Crippen MR) is 375 cm³/mol. The van der Waals surface area contributed by atoms with E-state index >= 15 is 0 Å². The molecule has 85 heavy (non-hydrogen) atoms. The smallest absolute Gasteiger partial charge is 0.305 e. The summed E-state index contributed by atoms with van der Waals surface area (Å²) in [6.45, 7) is 5.01. The van der Waals surface area contributed by atoms with E-state index in [1.165, 1.54) is 379 Å². The number of rotatable bonds is 75. The molecule has 0 bridgehead atoms. The number of allylic oxidation sites excluding steroid dienone is 2. The molecule has 0 aliphatic rings. The summed E-state index contributed by atoms with van der Waals surface area (Å²) in [5.41, 5.74) is 0. The fourth-order valence-electron chi connectivity index (χ4n) is 12.8. The summed E-state index contributed by atoms with van der Waals surface area (Å²) in [6, 6.07) is -0.541. The van der Waals surface area contributed by atoms with Crippen LogP contribution in [0.1, 0.15) is 457 Å². The van der Waals surface area contributed by atoms with Gasteiger partial charge in [0.1, 0.15) is 0 Å². The predicted octanol–water partition coefficient (Wildman–Crippen LogP) is 25.9. The molecule has 0 aliphatic carbocycles. The van der Waals surface area contributed by atoms with Crippen LogP contribution in [0.5, 0.6) is 0 Å². The fourth-order valence-corrected chi connectivity index (χ4v) is 12.8. The highest BCUT2D eigenvalue weighted by Crippen LogP contribution is 2.20. The number of amides is 1. The zero-order valence-corrected chi connectivity index (χ0v) is 58.1. The fraction of sp³-hybridized carbons (Fsp3) is 0.949. The monoisotopic (exact) mass is 1200 g/mol. The first kappa shape index (κ1) is 83.6. The van der Waals surface area contributed by atoms with E-state index in [4.69, 9.17) is 4.74 Å². The lowest BCUT2D eigenvalue weighted by Gasteiger charge is -2.22. The first-order valence-corrected chi connectivity index (χ1v) is 39.4. The van der Waals surface area contributed by atoms with Crippen molar-refractivity contribution in [3.63, 3.8) is 0 Å². The first-order valence-electron chi connectivity index (χ1n) is 39.4. The zero-order valence-electron chi connectivity index (χ0n) is 58.1. The highest BCUT2D eigenvalue weighted by molar-refractivity contribution is 5.76. The van der Waals surface area contributed by atoms with Gasteiger partial charge in [-0.3, -0.25) is 9.59 Å². The molecule has 0 aliphatic heterocycles. The Balaban J connectivity index is 3.35. The molecule has 2 atom stereocenters. The molecule has 0 saturated heterocycles. The minimum Gasteiger partial charge on any atom is -0.466 e. The van der Waals surface area contributed by atoms with E-state index in [0.717, 1.165) is 44.9 Å². The number of carbonyl (C=O) groups excluding carboxylic acids is 2. The van der Waals surface area contributed by atoms with Gasteiger partial charge in [0.2, 0.25) is 5.91 Å². The molecular weight excluding hydrogens is 1040 g/mol. The Hall–Kier alpha value is -1.40. The molecule has 0 saturated carbocycles. The molecule has 506 valence electrons. The maximum absolute atomic E-state index is 12.6. The molecule has 6 heteroatoms. The molecule has 2 unspecified atom stereocenters. The van der Waals surface area contributed by atoms with Crippen LogP contribution in [0.4, 0.5) is 0 Å². The number of aliphatic hydroxyl groups is 2. The second-order valence-electron chi connectivity index (χ2n) is 27.4. The molecule has 3 N–H and O–H groups in total. The third kappa shape index (κ3) is 71.6. The maximum Gasteiger partial charge on any atom is 0.305 e. The van der Waals surface area contributed by atoms with Gasteiger partial charge in [-0.15, -0.1) is 0 Å². The van der Waals surface area contributed by atoms with Crippen LogP contribution in [0, 0.1) is 0 Å². The van der Waals surface area contributed by atoms with Gasteiger partial charge in [-0.2, -0.15) is 0 Å². The lowest BCUT2D eigenvalue weighted by Crippen LogP contribution is -2.45. The van der Waals surface area contributed by atoms with E-state index in [1.54, 1.807) is 0 Å². The normalized spacial score (nSPS) is 12.5. The molecule has 0 aromatic heterocycles. The Labute approximate surface area is 533 Å². The Bertz CT molecular complexity index is 1290. The first-order chi connectivity index (χ1) is 42.0. The number of hydrogen-bond donors (Lipinski definition) is 3. The lowest BCUT2D eigenvalue weighted by atomic mass is 10.0. The van der Waals surface area contributed by atoms with Crippen molar-refractivity contribution in [1.82, 2.24) is 5.32 Å². The summed E-state index contributed by atoms with van der Waals surface area (Å²) in [6.07, 6.45) is 94.4. The summed E-state index contributed by atoms with van der Waals surface area (Å²) in [5, 5.41) is 23.5. The molecule has 0 spiro atoms. The Morgan fingerprint density at radius 3 is 0.835 bits per heavy atom. The molecule has 0 heterocycles. The van der Waals surface area contributed by atoms with Crippen molar-refractivity contribution in [2.75, 3.05) is 13.2 Å². The van der Waals surface area contributed by atoms with Crippen molar-refractivity contribution in [3.8, 4) is 0 Å². The van der Waals surface area contributed by atoms with Gasteiger partial charge in [0, 0.05) is 12.8 Å². The van der Waals surface area contributed by atoms with E-state index in [-0.39, 0.29) is 18.5 Å². The number of nitrogens with one attached hydrogen (secondary N) is 1. The highest BCUT2D eigenvalue weighted by atomic mass is 16.5. The summed E-state index contributed by atoms with van der Waals surface area (Å²) >= 11 is 0. The number of ether oxygens (including phenoxy) is 1. The van der Waals surface area contributed by atoms with Gasteiger partial charge in [0.15, 0.2) is 0 Å². The number of unbranched alkanes of at least 4 members (excludes halogenated alkanes) is 62. The lowest BCUT2D eigenvalue weighted by molar-refractivity contribution is -0.143. The SMILES string of the molecule is CCCCCCCCC/C=C\CCCCCCCCCC(=O)OCCCCCCCCCCCCCCCCCCCCCCCCCCCCC(=O)NC(CO)C(O)CCCCCCCCCCCCCCCCCCCCCCCCCC.